The number of nitrogens with zero attached hydrogens (tertiary/aromatic N) is 4. The fourth-order valence-corrected chi connectivity index (χ4v) is 4.41. The van der Waals surface area contributed by atoms with Gasteiger partial charge in [-0.2, -0.15) is 5.10 Å². The first-order valence-electron chi connectivity index (χ1n) is 9.25. The second-order valence-corrected chi connectivity index (χ2v) is 8.66. The van der Waals surface area contributed by atoms with Crippen LogP contribution in [0.1, 0.15) is 27.2 Å². The van der Waals surface area contributed by atoms with Crippen LogP contribution in [-0.4, -0.2) is 50.5 Å². The van der Waals surface area contributed by atoms with E-state index < -0.39 is 0 Å². The number of ether oxygens (including phenoxy) is 1. The van der Waals surface area contributed by atoms with Gasteiger partial charge >= 0.3 is 0 Å². The van der Waals surface area contributed by atoms with Crippen LogP contribution in [0.4, 0.5) is 0 Å². The van der Waals surface area contributed by atoms with E-state index in [1.807, 2.05) is 24.5 Å². The van der Waals surface area contributed by atoms with Crippen LogP contribution in [0, 0.1) is 5.92 Å². The maximum Gasteiger partial charge on any atom is 0.233 e. The molecular weight excluding hydrogens is 358 g/mol. The molecule has 2 atom stereocenters. The van der Waals surface area contributed by atoms with Gasteiger partial charge in [-0.1, -0.05) is 6.92 Å². The molecule has 0 spiro atoms. The van der Waals surface area contributed by atoms with Crippen molar-refractivity contribution in [2.75, 3.05) is 13.6 Å². The van der Waals surface area contributed by atoms with Crippen molar-refractivity contribution in [1.82, 2.24) is 25.3 Å². The molecule has 1 N–H and O–H groups in total. The monoisotopic (exact) mass is 383 g/mol. The van der Waals surface area contributed by atoms with Crippen LogP contribution < -0.4 is 4.74 Å². The van der Waals surface area contributed by atoms with Crippen LogP contribution in [0.3, 0.4) is 0 Å². The summed E-state index contributed by atoms with van der Waals surface area (Å²) in [5.74, 6) is 1.01. The van der Waals surface area contributed by atoms with Gasteiger partial charge in [0.2, 0.25) is 5.88 Å². The molecule has 0 aliphatic carbocycles. The fourth-order valence-electron chi connectivity index (χ4n) is 3.52. The Hall–Kier alpha value is -2.25. The van der Waals surface area contributed by atoms with Crippen molar-refractivity contribution >= 4 is 11.3 Å². The fraction of sp³-hybridized carbons (Fsp3) is 0.450. The molecule has 3 aromatic rings. The molecule has 0 radical (unpaired) electrons. The summed E-state index contributed by atoms with van der Waals surface area (Å²) in [5, 5.41) is 17.7. The number of nitrogens with one attached hydrogen (secondary N) is 1. The Bertz CT molecular complexity index is 888. The largest absolute Gasteiger partial charge is 0.473 e. The van der Waals surface area contributed by atoms with Crippen LogP contribution in [-0.2, 0) is 0 Å². The first kappa shape index (κ1) is 18.1. The normalized spacial score (nSPS) is 22.7. The molecule has 0 bridgehead atoms. The smallest absolute Gasteiger partial charge is 0.233 e. The van der Waals surface area contributed by atoms with Crippen molar-refractivity contribution in [3.63, 3.8) is 0 Å². The van der Waals surface area contributed by atoms with Gasteiger partial charge in [-0.05, 0) is 50.4 Å². The van der Waals surface area contributed by atoms with E-state index in [4.69, 9.17) is 4.74 Å². The Morgan fingerprint density at radius 2 is 2.11 bits per heavy atom. The van der Waals surface area contributed by atoms with E-state index in [9.17, 15) is 0 Å². The predicted octanol–water partition coefficient (Wildman–Crippen LogP) is 4.09. The van der Waals surface area contributed by atoms with Gasteiger partial charge in [0.05, 0.1) is 11.1 Å². The highest BCUT2D eigenvalue weighted by Crippen LogP contribution is 2.35. The first-order chi connectivity index (χ1) is 12.9. The molecule has 0 aromatic carbocycles. The quantitative estimate of drug-likeness (QED) is 0.735. The average Bonchev–Trinajstić information content (AvgIpc) is 3.35. The Kier molecular flexibility index (Phi) is 4.74. The molecule has 1 fully saturated rings. The van der Waals surface area contributed by atoms with Crippen molar-refractivity contribution in [3.8, 4) is 27.6 Å². The first-order valence-corrected chi connectivity index (χ1v) is 10.1. The van der Waals surface area contributed by atoms with E-state index in [0.717, 1.165) is 34.7 Å². The summed E-state index contributed by atoms with van der Waals surface area (Å²) < 4.78 is 6.20. The van der Waals surface area contributed by atoms with Crippen molar-refractivity contribution in [2.24, 2.45) is 5.92 Å². The van der Waals surface area contributed by atoms with Crippen LogP contribution in [0.15, 0.2) is 36.0 Å². The number of H-pyrrole nitrogens is 1. The maximum absolute atomic E-state index is 6.20. The second kappa shape index (κ2) is 7.05. The van der Waals surface area contributed by atoms with Crippen LogP contribution in [0.25, 0.3) is 21.7 Å². The summed E-state index contributed by atoms with van der Waals surface area (Å²) in [6.45, 7) is 7.83. The number of thiophene rings is 1. The highest BCUT2D eigenvalue weighted by Gasteiger charge is 2.40. The molecule has 1 saturated heterocycles. The molecule has 4 heterocycles. The highest BCUT2D eigenvalue weighted by molar-refractivity contribution is 7.14. The zero-order valence-electron chi connectivity index (χ0n) is 16.1. The number of rotatable bonds is 4. The van der Waals surface area contributed by atoms with Crippen LogP contribution >= 0.6 is 11.3 Å². The van der Waals surface area contributed by atoms with Gasteiger partial charge in [0, 0.05) is 35.8 Å². The van der Waals surface area contributed by atoms with Gasteiger partial charge < -0.3 is 9.64 Å². The zero-order chi connectivity index (χ0) is 19.0. The average molecular weight is 384 g/mol. The minimum Gasteiger partial charge on any atom is -0.473 e. The molecule has 1 aliphatic heterocycles. The van der Waals surface area contributed by atoms with E-state index in [0.29, 0.717) is 11.8 Å². The molecule has 0 saturated carbocycles. The van der Waals surface area contributed by atoms with Gasteiger partial charge in [-0.25, -0.2) is 0 Å². The molecule has 4 rings (SSSR count). The van der Waals surface area contributed by atoms with E-state index in [1.54, 1.807) is 11.3 Å². The number of piperidine rings is 1. The van der Waals surface area contributed by atoms with Gasteiger partial charge in [0.25, 0.3) is 0 Å². The third-order valence-corrected chi connectivity index (χ3v) is 6.95. The molecule has 0 amide bonds. The molecule has 3 aromatic heterocycles. The number of hydrogen-bond acceptors (Lipinski definition) is 6. The molecule has 1 aliphatic rings. The van der Waals surface area contributed by atoms with E-state index in [2.05, 4.69) is 64.6 Å². The molecule has 6 nitrogen and oxygen atoms in total. The van der Waals surface area contributed by atoms with Crippen molar-refractivity contribution in [3.05, 3.63) is 36.0 Å². The van der Waals surface area contributed by atoms with Gasteiger partial charge in [-0.3, -0.25) is 5.10 Å². The van der Waals surface area contributed by atoms with Gasteiger partial charge in [0.15, 0.2) is 0 Å². The summed E-state index contributed by atoms with van der Waals surface area (Å²) >= 11 is 1.65. The zero-order valence-corrected chi connectivity index (χ0v) is 17.0. The lowest BCUT2D eigenvalue weighted by Crippen LogP contribution is -2.56. The lowest BCUT2D eigenvalue weighted by molar-refractivity contribution is -0.0301. The molecule has 142 valence electrons. The summed E-state index contributed by atoms with van der Waals surface area (Å²) in [4.78, 5) is 3.49. The summed E-state index contributed by atoms with van der Waals surface area (Å²) in [6.07, 6.45) is 4.87. The lowest BCUT2D eigenvalue weighted by atomic mass is 9.79. The van der Waals surface area contributed by atoms with Crippen LogP contribution in [0.2, 0.25) is 0 Å². The van der Waals surface area contributed by atoms with E-state index in [1.165, 1.54) is 0 Å². The highest BCUT2D eigenvalue weighted by atomic mass is 32.1. The minimum absolute atomic E-state index is 0.108. The summed E-state index contributed by atoms with van der Waals surface area (Å²) in [5.41, 5.74) is 3.17. The number of likely N-dealkylation sites (tertiary alicyclic amines) is 1. The molecular formula is C20H25N5OS. The summed E-state index contributed by atoms with van der Waals surface area (Å²) in [7, 11) is 2.18. The Labute approximate surface area is 163 Å². The Morgan fingerprint density at radius 1 is 1.26 bits per heavy atom. The van der Waals surface area contributed by atoms with E-state index >= 15 is 0 Å². The molecule has 27 heavy (non-hydrogen) atoms. The number of hydrogen-bond donors (Lipinski definition) is 1. The van der Waals surface area contributed by atoms with Gasteiger partial charge in [-0.15, -0.1) is 21.5 Å². The molecule has 2 unspecified atom stereocenters. The van der Waals surface area contributed by atoms with E-state index in [-0.39, 0.29) is 11.6 Å². The third kappa shape index (κ3) is 3.49. The SMILES string of the molecule is CC1C(Oc2ccc(-c3cc(-c4cn[nH]c4)cs3)nn2)CCN(C)C1(C)C. The van der Waals surface area contributed by atoms with Crippen molar-refractivity contribution in [1.29, 1.82) is 0 Å². The third-order valence-electron chi connectivity index (χ3n) is 6.00. The second-order valence-electron chi connectivity index (χ2n) is 7.75. The molecule has 7 heteroatoms. The van der Waals surface area contributed by atoms with Gasteiger partial charge in [0.1, 0.15) is 11.8 Å². The minimum atomic E-state index is 0.108. The number of aromatic amines is 1. The predicted molar refractivity (Wildman–Crippen MR) is 108 cm³/mol. The van der Waals surface area contributed by atoms with Crippen molar-refractivity contribution < 1.29 is 4.74 Å². The van der Waals surface area contributed by atoms with Crippen LogP contribution in [0.5, 0.6) is 5.88 Å². The summed E-state index contributed by atoms with van der Waals surface area (Å²) in [6, 6.07) is 6.03. The lowest BCUT2D eigenvalue weighted by Gasteiger charge is -2.48. The topological polar surface area (TPSA) is 66.9 Å². The standard InChI is InChI=1S/C20H25N5OS/c1-13-17(7-8-25(4)20(13,2)3)26-19-6-5-16(23-24-19)18-9-14(12-27-18)15-10-21-22-11-15/h5-6,9-13,17H,7-8H2,1-4H3,(H,21,22). The number of aromatic nitrogens is 4. The Balaban J connectivity index is 1.47. The maximum atomic E-state index is 6.20. The Morgan fingerprint density at radius 3 is 2.81 bits per heavy atom. The van der Waals surface area contributed by atoms with Crippen molar-refractivity contribution in [2.45, 2.75) is 38.8 Å².